The van der Waals surface area contributed by atoms with Gasteiger partial charge in [-0.3, -0.25) is 0 Å². The number of rotatable bonds is 5. The molecular formula is C17H27N. The molecule has 1 aromatic carbocycles. The Kier molecular flexibility index (Phi) is 4.82. The van der Waals surface area contributed by atoms with E-state index in [2.05, 4.69) is 44.3 Å². The van der Waals surface area contributed by atoms with Gasteiger partial charge in [-0.1, -0.05) is 49.4 Å². The fourth-order valence-corrected chi connectivity index (χ4v) is 3.14. The molecule has 1 aromatic rings. The summed E-state index contributed by atoms with van der Waals surface area (Å²) in [4.78, 5) is 0. The topological polar surface area (TPSA) is 12.0 Å². The molecule has 18 heavy (non-hydrogen) atoms. The van der Waals surface area contributed by atoms with Gasteiger partial charge in [0, 0.05) is 6.04 Å². The first-order valence-electron chi connectivity index (χ1n) is 7.47. The molecule has 1 aliphatic carbocycles. The maximum Gasteiger partial charge on any atom is 0.0294 e. The van der Waals surface area contributed by atoms with Crippen LogP contribution in [0.15, 0.2) is 18.2 Å². The van der Waals surface area contributed by atoms with Crippen molar-refractivity contribution >= 4 is 0 Å². The lowest BCUT2D eigenvalue weighted by atomic mass is 9.99. The average Bonchev–Trinajstić information content (AvgIpc) is 2.85. The quantitative estimate of drug-likeness (QED) is 0.803. The summed E-state index contributed by atoms with van der Waals surface area (Å²) in [5.74, 6) is 0.989. The van der Waals surface area contributed by atoms with Crippen molar-refractivity contribution in [2.75, 3.05) is 6.54 Å². The van der Waals surface area contributed by atoms with Crippen LogP contribution in [0.2, 0.25) is 0 Å². The van der Waals surface area contributed by atoms with Crippen LogP contribution in [0, 0.1) is 19.8 Å². The van der Waals surface area contributed by atoms with Crippen LogP contribution in [0.3, 0.4) is 0 Å². The monoisotopic (exact) mass is 245 g/mol. The molecule has 0 amide bonds. The summed E-state index contributed by atoms with van der Waals surface area (Å²) in [5, 5.41) is 3.69. The molecule has 0 radical (unpaired) electrons. The zero-order valence-corrected chi connectivity index (χ0v) is 12.1. The predicted molar refractivity (Wildman–Crippen MR) is 78.9 cm³/mol. The first-order chi connectivity index (χ1) is 8.66. The molecule has 0 aromatic heterocycles. The Morgan fingerprint density at radius 2 is 1.94 bits per heavy atom. The first kappa shape index (κ1) is 13.6. The molecule has 2 rings (SSSR count). The van der Waals surface area contributed by atoms with Crippen molar-refractivity contribution in [3.63, 3.8) is 0 Å². The summed E-state index contributed by atoms with van der Waals surface area (Å²) in [6.07, 6.45) is 7.18. The molecule has 1 unspecified atom stereocenters. The third-order valence-electron chi connectivity index (χ3n) is 4.38. The van der Waals surface area contributed by atoms with Crippen molar-refractivity contribution < 1.29 is 0 Å². The van der Waals surface area contributed by atoms with Gasteiger partial charge in [-0.2, -0.15) is 0 Å². The van der Waals surface area contributed by atoms with Gasteiger partial charge in [0.15, 0.2) is 0 Å². The van der Waals surface area contributed by atoms with E-state index < -0.39 is 0 Å². The van der Waals surface area contributed by atoms with Gasteiger partial charge < -0.3 is 5.32 Å². The Balaban J connectivity index is 1.83. The lowest BCUT2D eigenvalue weighted by Crippen LogP contribution is -2.22. The minimum Gasteiger partial charge on any atom is -0.310 e. The summed E-state index contributed by atoms with van der Waals surface area (Å²) >= 11 is 0. The summed E-state index contributed by atoms with van der Waals surface area (Å²) in [5.41, 5.74) is 4.22. The van der Waals surface area contributed by atoms with E-state index >= 15 is 0 Å². The molecule has 1 atom stereocenters. The van der Waals surface area contributed by atoms with Crippen molar-refractivity contribution in [3.05, 3.63) is 34.9 Å². The van der Waals surface area contributed by atoms with E-state index in [0.29, 0.717) is 6.04 Å². The van der Waals surface area contributed by atoms with Crippen LogP contribution in [-0.2, 0) is 0 Å². The Morgan fingerprint density at radius 1 is 1.22 bits per heavy atom. The van der Waals surface area contributed by atoms with Crippen LogP contribution in [0.5, 0.6) is 0 Å². The van der Waals surface area contributed by atoms with Crippen LogP contribution in [0.25, 0.3) is 0 Å². The number of nitrogens with one attached hydrogen (secondary N) is 1. The fourth-order valence-electron chi connectivity index (χ4n) is 3.14. The SMILES string of the molecule is Cc1ccc(C)c(C(C)NCCC2CCCC2)c1. The Hall–Kier alpha value is -0.820. The summed E-state index contributed by atoms with van der Waals surface area (Å²) in [7, 11) is 0. The van der Waals surface area contributed by atoms with Crippen molar-refractivity contribution in [2.24, 2.45) is 5.92 Å². The minimum atomic E-state index is 0.478. The third-order valence-corrected chi connectivity index (χ3v) is 4.38. The number of benzene rings is 1. The van der Waals surface area contributed by atoms with Crippen LogP contribution >= 0.6 is 0 Å². The normalized spacial score (nSPS) is 18.2. The van der Waals surface area contributed by atoms with E-state index in [1.807, 2.05) is 0 Å². The molecule has 0 heterocycles. The summed E-state index contributed by atoms with van der Waals surface area (Å²) < 4.78 is 0. The number of hydrogen-bond acceptors (Lipinski definition) is 1. The van der Waals surface area contributed by atoms with E-state index in [1.54, 1.807) is 0 Å². The standard InChI is InChI=1S/C17H27N/c1-13-8-9-14(2)17(12-13)15(3)18-11-10-16-6-4-5-7-16/h8-9,12,15-16,18H,4-7,10-11H2,1-3H3. The summed E-state index contributed by atoms with van der Waals surface area (Å²) in [6, 6.07) is 7.23. The second-order valence-electron chi connectivity index (χ2n) is 5.98. The maximum absolute atomic E-state index is 3.69. The second kappa shape index (κ2) is 6.38. The second-order valence-corrected chi connectivity index (χ2v) is 5.98. The number of hydrogen-bond donors (Lipinski definition) is 1. The zero-order valence-electron chi connectivity index (χ0n) is 12.1. The lowest BCUT2D eigenvalue weighted by molar-refractivity contribution is 0.454. The van der Waals surface area contributed by atoms with E-state index in [1.165, 1.54) is 55.3 Å². The maximum atomic E-state index is 3.69. The van der Waals surface area contributed by atoms with E-state index in [4.69, 9.17) is 0 Å². The van der Waals surface area contributed by atoms with Crippen molar-refractivity contribution in [1.82, 2.24) is 5.32 Å². The smallest absolute Gasteiger partial charge is 0.0294 e. The van der Waals surface area contributed by atoms with Gasteiger partial charge in [-0.25, -0.2) is 0 Å². The molecule has 1 fully saturated rings. The predicted octanol–water partition coefficient (Wildman–Crippen LogP) is 4.53. The molecule has 1 aliphatic rings. The Labute approximate surface area is 112 Å². The minimum absolute atomic E-state index is 0.478. The van der Waals surface area contributed by atoms with Gasteiger partial charge in [0.2, 0.25) is 0 Å². The summed E-state index contributed by atoms with van der Waals surface area (Å²) in [6.45, 7) is 7.84. The lowest BCUT2D eigenvalue weighted by Gasteiger charge is -2.18. The molecule has 100 valence electrons. The molecule has 0 bridgehead atoms. The van der Waals surface area contributed by atoms with Crippen molar-refractivity contribution in [1.29, 1.82) is 0 Å². The molecule has 0 aliphatic heterocycles. The highest BCUT2D eigenvalue weighted by Gasteiger charge is 2.15. The van der Waals surface area contributed by atoms with Crippen molar-refractivity contribution in [3.8, 4) is 0 Å². The van der Waals surface area contributed by atoms with Gasteiger partial charge in [-0.05, 0) is 50.8 Å². The molecule has 1 heteroatoms. The highest BCUT2D eigenvalue weighted by Crippen LogP contribution is 2.27. The van der Waals surface area contributed by atoms with Gasteiger partial charge >= 0.3 is 0 Å². The van der Waals surface area contributed by atoms with Crippen LogP contribution in [0.1, 0.15) is 61.8 Å². The molecule has 1 nitrogen and oxygen atoms in total. The zero-order chi connectivity index (χ0) is 13.0. The van der Waals surface area contributed by atoms with E-state index in [0.717, 1.165) is 5.92 Å². The van der Waals surface area contributed by atoms with Crippen LogP contribution in [0.4, 0.5) is 0 Å². The van der Waals surface area contributed by atoms with Gasteiger partial charge in [-0.15, -0.1) is 0 Å². The molecular weight excluding hydrogens is 218 g/mol. The molecule has 0 spiro atoms. The third kappa shape index (κ3) is 3.58. The van der Waals surface area contributed by atoms with E-state index in [-0.39, 0.29) is 0 Å². The molecule has 0 saturated heterocycles. The molecule has 1 N–H and O–H groups in total. The van der Waals surface area contributed by atoms with Crippen LogP contribution in [-0.4, -0.2) is 6.54 Å². The van der Waals surface area contributed by atoms with Crippen molar-refractivity contribution in [2.45, 2.75) is 58.9 Å². The first-order valence-corrected chi connectivity index (χ1v) is 7.47. The number of aryl methyl sites for hydroxylation is 2. The van der Waals surface area contributed by atoms with Gasteiger partial charge in [0.25, 0.3) is 0 Å². The largest absolute Gasteiger partial charge is 0.310 e. The van der Waals surface area contributed by atoms with Gasteiger partial charge in [0.1, 0.15) is 0 Å². The highest BCUT2D eigenvalue weighted by atomic mass is 14.9. The highest BCUT2D eigenvalue weighted by molar-refractivity contribution is 5.32. The Bertz CT molecular complexity index is 377. The van der Waals surface area contributed by atoms with Crippen LogP contribution < -0.4 is 5.32 Å². The van der Waals surface area contributed by atoms with Gasteiger partial charge in [0.05, 0.1) is 0 Å². The molecule has 1 saturated carbocycles. The Morgan fingerprint density at radius 3 is 2.67 bits per heavy atom. The average molecular weight is 245 g/mol. The van der Waals surface area contributed by atoms with E-state index in [9.17, 15) is 0 Å². The fraction of sp³-hybridized carbons (Fsp3) is 0.647.